The molecule has 0 unspecified atom stereocenters. The van der Waals surface area contributed by atoms with Crippen molar-refractivity contribution in [1.82, 2.24) is 24.1 Å². The summed E-state index contributed by atoms with van der Waals surface area (Å²) >= 11 is 0. The van der Waals surface area contributed by atoms with Gasteiger partial charge in [0.05, 0.1) is 45.0 Å². The number of pyridine rings is 3. The van der Waals surface area contributed by atoms with E-state index in [1.807, 2.05) is 48.8 Å². The van der Waals surface area contributed by atoms with E-state index in [2.05, 4.69) is 122 Å². The fourth-order valence-electron chi connectivity index (χ4n) is 6.51. The summed E-state index contributed by atoms with van der Waals surface area (Å²) in [7, 11) is 0. The Hall–Kier alpha value is -6.07. The number of nitrogens with zero attached hydrogens (tertiary/aromatic N) is 5. The van der Waals surface area contributed by atoms with E-state index < -0.39 is 0 Å². The molecule has 4 aromatic carbocycles. The maximum atomic E-state index is 5.04. The van der Waals surface area contributed by atoms with Gasteiger partial charge in [-0.1, -0.05) is 66.7 Å². The number of rotatable bonds is 4. The molecular weight excluding hydrogens is 538 g/mol. The lowest BCUT2D eigenvalue weighted by Crippen LogP contribution is -2.00. The van der Waals surface area contributed by atoms with E-state index in [1.54, 1.807) is 0 Å². The highest BCUT2D eigenvalue weighted by molar-refractivity contribution is 6.23. The predicted octanol–water partition coefficient (Wildman–Crippen LogP) is 9.40. The van der Waals surface area contributed by atoms with Gasteiger partial charge in [-0.05, 0) is 72.1 Å². The van der Waals surface area contributed by atoms with Gasteiger partial charge in [0, 0.05) is 45.8 Å². The molecule has 0 saturated carbocycles. The molecule has 0 spiro atoms. The van der Waals surface area contributed by atoms with Crippen LogP contribution in [0.1, 0.15) is 0 Å². The second kappa shape index (κ2) is 9.75. The van der Waals surface area contributed by atoms with E-state index in [9.17, 15) is 0 Å². The van der Waals surface area contributed by atoms with E-state index >= 15 is 0 Å². The second-order valence-corrected chi connectivity index (χ2v) is 11.0. The first-order valence-corrected chi connectivity index (χ1v) is 14.7. The Bertz CT molecular complexity index is 2420. The van der Waals surface area contributed by atoms with E-state index in [-0.39, 0.29) is 0 Å². The van der Waals surface area contributed by atoms with Gasteiger partial charge in [0.2, 0.25) is 0 Å². The van der Waals surface area contributed by atoms with E-state index in [0.29, 0.717) is 0 Å². The van der Waals surface area contributed by atoms with E-state index in [4.69, 9.17) is 4.98 Å². The minimum absolute atomic E-state index is 0.803. The van der Waals surface area contributed by atoms with Crippen LogP contribution in [0, 0.1) is 0 Å². The molecule has 0 radical (unpaired) electrons. The highest BCUT2D eigenvalue weighted by Crippen LogP contribution is 2.40. The molecule has 0 bridgehead atoms. The standard InChI is InChI=1S/C39H25N5/c1-2-10-26(11-3-1)43-23-20-30-28-16-17-32-29-12-4-5-15-38(29)44(39(32)31(28)18-19-37(30)43)27-24-35(33-13-6-8-21-40-33)42-36(25-27)34-14-7-9-22-41-34/h1-25H. The first-order chi connectivity index (χ1) is 21.8. The number of hydrogen-bond acceptors (Lipinski definition) is 3. The molecule has 0 saturated heterocycles. The Morgan fingerprint density at radius 3 is 1.75 bits per heavy atom. The predicted molar refractivity (Wildman–Crippen MR) is 179 cm³/mol. The summed E-state index contributed by atoms with van der Waals surface area (Å²) in [5.41, 5.74) is 8.91. The lowest BCUT2D eigenvalue weighted by molar-refractivity contribution is 1.13. The molecule has 0 amide bonds. The summed E-state index contributed by atoms with van der Waals surface area (Å²) in [6.45, 7) is 0. The van der Waals surface area contributed by atoms with Crippen molar-refractivity contribution in [2.45, 2.75) is 0 Å². The summed E-state index contributed by atoms with van der Waals surface area (Å²) in [6, 6.07) is 46.6. The molecule has 5 heteroatoms. The van der Waals surface area contributed by atoms with Crippen LogP contribution in [0.5, 0.6) is 0 Å². The number of hydrogen-bond donors (Lipinski definition) is 0. The van der Waals surface area contributed by atoms with Crippen LogP contribution in [0.25, 0.3) is 77.6 Å². The molecule has 5 aromatic heterocycles. The average molecular weight is 564 g/mol. The van der Waals surface area contributed by atoms with Crippen molar-refractivity contribution in [3.05, 3.63) is 152 Å². The molecule has 0 atom stereocenters. The van der Waals surface area contributed by atoms with Gasteiger partial charge in [0.15, 0.2) is 0 Å². The summed E-state index contributed by atoms with van der Waals surface area (Å²) in [5, 5.41) is 6.07. The smallest absolute Gasteiger partial charge is 0.0915 e. The zero-order chi connectivity index (χ0) is 29.0. The first-order valence-electron chi connectivity index (χ1n) is 14.7. The fraction of sp³-hybridized carbons (Fsp3) is 0. The van der Waals surface area contributed by atoms with E-state index in [0.717, 1.165) is 39.7 Å². The molecule has 44 heavy (non-hydrogen) atoms. The van der Waals surface area contributed by atoms with Crippen molar-refractivity contribution >= 4 is 43.5 Å². The third-order valence-electron chi connectivity index (χ3n) is 8.46. The maximum absolute atomic E-state index is 5.04. The Balaban J connectivity index is 1.37. The Labute approximate surface area is 253 Å². The van der Waals surface area contributed by atoms with Crippen molar-refractivity contribution in [2.75, 3.05) is 0 Å². The number of fused-ring (bicyclic) bond motifs is 7. The Morgan fingerprint density at radius 1 is 0.409 bits per heavy atom. The Kier molecular flexibility index (Phi) is 5.43. The number of para-hydroxylation sites is 2. The summed E-state index contributed by atoms with van der Waals surface area (Å²) in [4.78, 5) is 14.3. The molecule has 0 aliphatic rings. The average Bonchev–Trinajstić information content (AvgIpc) is 3.69. The van der Waals surface area contributed by atoms with Gasteiger partial charge in [0.25, 0.3) is 0 Å². The monoisotopic (exact) mass is 563 g/mol. The minimum Gasteiger partial charge on any atom is -0.317 e. The molecule has 9 rings (SSSR count). The SMILES string of the molecule is c1ccc(-n2ccc3c4ccc5c6ccccc6n(-c6cc(-c7ccccn7)nc(-c7ccccn7)c6)c5c4ccc32)cc1. The molecule has 0 aliphatic heterocycles. The molecular formula is C39H25N5. The van der Waals surface area contributed by atoms with E-state index in [1.165, 1.54) is 38.0 Å². The molecule has 5 nitrogen and oxygen atoms in total. The normalized spacial score (nSPS) is 11.6. The van der Waals surface area contributed by atoms with Crippen molar-refractivity contribution < 1.29 is 0 Å². The minimum atomic E-state index is 0.803. The molecule has 206 valence electrons. The van der Waals surface area contributed by atoms with Gasteiger partial charge >= 0.3 is 0 Å². The van der Waals surface area contributed by atoms with Crippen LogP contribution in [-0.2, 0) is 0 Å². The van der Waals surface area contributed by atoms with Gasteiger partial charge in [0.1, 0.15) is 0 Å². The highest BCUT2D eigenvalue weighted by atomic mass is 15.0. The number of benzene rings is 4. The molecule has 0 N–H and O–H groups in total. The van der Waals surface area contributed by atoms with Gasteiger partial charge in [-0.25, -0.2) is 4.98 Å². The van der Waals surface area contributed by atoms with Gasteiger partial charge < -0.3 is 9.13 Å². The second-order valence-electron chi connectivity index (χ2n) is 11.0. The lowest BCUT2D eigenvalue weighted by atomic mass is 10.0. The third kappa shape index (κ3) is 3.76. The lowest BCUT2D eigenvalue weighted by Gasteiger charge is -2.14. The first kappa shape index (κ1) is 24.5. The number of aromatic nitrogens is 5. The third-order valence-corrected chi connectivity index (χ3v) is 8.46. The summed E-state index contributed by atoms with van der Waals surface area (Å²) in [6.07, 6.45) is 5.79. The van der Waals surface area contributed by atoms with Crippen molar-refractivity contribution in [1.29, 1.82) is 0 Å². The van der Waals surface area contributed by atoms with Gasteiger partial charge in [-0.2, -0.15) is 0 Å². The Morgan fingerprint density at radius 2 is 1.02 bits per heavy atom. The van der Waals surface area contributed by atoms with Crippen LogP contribution in [0.2, 0.25) is 0 Å². The van der Waals surface area contributed by atoms with Crippen LogP contribution in [-0.4, -0.2) is 24.1 Å². The maximum Gasteiger partial charge on any atom is 0.0915 e. The van der Waals surface area contributed by atoms with Crippen molar-refractivity contribution in [2.24, 2.45) is 0 Å². The summed E-state index contributed by atoms with van der Waals surface area (Å²) < 4.78 is 4.64. The van der Waals surface area contributed by atoms with Crippen molar-refractivity contribution in [3.63, 3.8) is 0 Å². The van der Waals surface area contributed by atoms with Crippen LogP contribution in [0.15, 0.2) is 152 Å². The highest BCUT2D eigenvalue weighted by Gasteiger charge is 2.19. The molecule has 0 aliphatic carbocycles. The zero-order valence-electron chi connectivity index (χ0n) is 23.7. The van der Waals surface area contributed by atoms with Crippen LogP contribution < -0.4 is 0 Å². The topological polar surface area (TPSA) is 48.5 Å². The van der Waals surface area contributed by atoms with Crippen molar-refractivity contribution in [3.8, 4) is 34.2 Å². The fourth-order valence-corrected chi connectivity index (χ4v) is 6.51. The van der Waals surface area contributed by atoms with Gasteiger partial charge in [-0.3, -0.25) is 9.97 Å². The molecule has 5 heterocycles. The molecule has 0 fully saturated rings. The quantitative estimate of drug-likeness (QED) is 0.214. The van der Waals surface area contributed by atoms with Crippen LogP contribution in [0.4, 0.5) is 0 Å². The van der Waals surface area contributed by atoms with Gasteiger partial charge in [-0.15, -0.1) is 0 Å². The zero-order valence-corrected chi connectivity index (χ0v) is 23.7. The van der Waals surface area contributed by atoms with Crippen LogP contribution >= 0.6 is 0 Å². The summed E-state index contributed by atoms with van der Waals surface area (Å²) in [5.74, 6) is 0. The molecule has 9 aromatic rings. The van der Waals surface area contributed by atoms with Crippen LogP contribution in [0.3, 0.4) is 0 Å². The largest absolute Gasteiger partial charge is 0.317 e.